The van der Waals surface area contributed by atoms with Crippen molar-refractivity contribution in [1.82, 2.24) is 9.80 Å². The molecular formula is C22H22N2O3. The molecule has 0 saturated carbocycles. The molecule has 0 bridgehead atoms. The van der Waals surface area contributed by atoms with E-state index in [9.17, 15) is 14.4 Å². The van der Waals surface area contributed by atoms with Gasteiger partial charge in [-0.15, -0.1) is 0 Å². The summed E-state index contributed by atoms with van der Waals surface area (Å²) in [7, 11) is 0. The molecule has 1 fully saturated rings. The van der Waals surface area contributed by atoms with Crippen molar-refractivity contribution in [2.75, 3.05) is 19.6 Å². The van der Waals surface area contributed by atoms with E-state index >= 15 is 0 Å². The highest BCUT2D eigenvalue weighted by atomic mass is 16.2. The number of carbonyl (C=O) groups is 3. The van der Waals surface area contributed by atoms with Gasteiger partial charge in [0.25, 0.3) is 11.8 Å². The van der Waals surface area contributed by atoms with E-state index < -0.39 is 0 Å². The molecule has 2 aliphatic heterocycles. The van der Waals surface area contributed by atoms with Crippen LogP contribution in [0.15, 0.2) is 54.6 Å². The van der Waals surface area contributed by atoms with Crippen LogP contribution in [-0.4, -0.2) is 47.0 Å². The molecule has 0 radical (unpaired) electrons. The second-order valence-electron chi connectivity index (χ2n) is 7.45. The van der Waals surface area contributed by atoms with Crippen LogP contribution in [0.25, 0.3) is 0 Å². The lowest BCUT2D eigenvalue weighted by molar-refractivity contribution is -0.131. The Labute approximate surface area is 158 Å². The van der Waals surface area contributed by atoms with Gasteiger partial charge in [-0.1, -0.05) is 49.4 Å². The van der Waals surface area contributed by atoms with E-state index in [0.29, 0.717) is 24.2 Å². The van der Waals surface area contributed by atoms with Crippen molar-refractivity contribution in [1.29, 1.82) is 0 Å². The fraction of sp³-hybridized carbons (Fsp3) is 0.318. The third-order valence-electron chi connectivity index (χ3n) is 5.43. The van der Waals surface area contributed by atoms with Gasteiger partial charge in [0, 0.05) is 38.0 Å². The molecule has 0 N–H and O–H groups in total. The van der Waals surface area contributed by atoms with E-state index in [0.717, 1.165) is 6.54 Å². The maximum absolute atomic E-state index is 12.7. The van der Waals surface area contributed by atoms with Crippen LogP contribution in [0.3, 0.4) is 0 Å². The fourth-order valence-corrected chi connectivity index (χ4v) is 4.10. The number of benzene rings is 2. The minimum atomic E-state index is -0.348. The molecular weight excluding hydrogens is 340 g/mol. The molecule has 4 rings (SSSR count). The predicted octanol–water partition coefficient (Wildman–Crippen LogP) is 2.62. The molecule has 0 aromatic heterocycles. The highest BCUT2D eigenvalue weighted by molar-refractivity contribution is 6.21. The van der Waals surface area contributed by atoms with E-state index in [4.69, 9.17) is 0 Å². The first-order valence-corrected chi connectivity index (χ1v) is 9.30. The number of carbonyl (C=O) groups excluding carboxylic acids is 3. The smallest absolute Gasteiger partial charge is 0.261 e. The first-order valence-electron chi connectivity index (χ1n) is 9.30. The highest BCUT2D eigenvalue weighted by Crippen LogP contribution is 2.26. The summed E-state index contributed by atoms with van der Waals surface area (Å²) in [5.41, 5.74) is 2.05. The van der Waals surface area contributed by atoms with Crippen LogP contribution < -0.4 is 0 Å². The van der Waals surface area contributed by atoms with Gasteiger partial charge in [-0.05, 0) is 17.7 Å². The monoisotopic (exact) mass is 362 g/mol. The Balaban J connectivity index is 1.50. The second kappa shape index (κ2) is 7.08. The number of amides is 2. The standard InChI is InChI=1S/C22H22N2O3/c1-15-11-23(12-16-7-3-2-4-8-16)13-17(20(15)25)14-24-21(26)18-9-5-6-10-19(18)22(24)27/h2-10,15,17H,11-14H2,1H3. The van der Waals surface area contributed by atoms with Crippen LogP contribution in [0.1, 0.15) is 33.2 Å². The maximum atomic E-state index is 12.7. The van der Waals surface area contributed by atoms with Crippen molar-refractivity contribution < 1.29 is 14.4 Å². The Kier molecular flexibility index (Phi) is 4.62. The maximum Gasteiger partial charge on any atom is 0.261 e. The van der Waals surface area contributed by atoms with Gasteiger partial charge >= 0.3 is 0 Å². The van der Waals surface area contributed by atoms with Crippen molar-refractivity contribution >= 4 is 17.6 Å². The lowest BCUT2D eigenvalue weighted by atomic mass is 9.88. The molecule has 1 saturated heterocycles. The first kappa shape index (κ1) is 17.6. The van der Waals surface area contributed by atoms with E-state index in [1.54, 1.807) is 24.3 Å². The molecule has 5 heteroatoms. The molecule has 5 nitrogen and oxygen atoms in total. The summed E-state index contributed by atoms with van der Waals surface area (Å²) < 4.78 is 0. The number of hydrogen-bond acceptors (Lipinski definition) is 4. The van der Waals surface area contributed by atoms with E-state index in [2.05, 4.69) is 17.0 Å². The molecule has 0 spiro atoms. The van der Waals surface area contributed by atoms with Gasteiger partial charge in [-0.3, -0.25) is 24.2 Å². The predicted molar refractivity (Wildman–Crippen MR) is 101 cm³/mol. The number of nitrogens with zero attached hydrogens (tertiary/aromatic N) is 2. The quantitative estimate of drug-likeness (QED) is 0.785. The Morgan fingerprint density at radius 2 is 1.44 bits per heavy atom. The van der Waals surface area contributed by atoms with Crippen molar-refractivity contribution in [3.05, 3.63) is 71.3 Å². The summed E-state index contributed by atoms with van der Waals surface area (Å²) >= 11 is 0. The number of rotatable bonds is 4. The number of likely N-dealkylation sites (tertiary alicyclic amines) is 1. The van der Waals surface area contributed by atoms with Crippen LogP contribution in [0.4, 0.5) is 0 Å². The molecule has 138 valence electrons. The molecule has 2 aromatic carbocycles. The van der Waals surface area contributed by atoms with Gasteiger partial charge in [0.15, 0.2) is 0 Å². The van der Waals surface area contributed by atoms with Crippen molar-refractivity contribution in [2.24, 2.45) is 11.8 Å². The molecule has 2 atom stereocenters. The van der Waals surface area contributed by atoms with Gasteiger partial charge in [-0.2, -0.15) is 0 Å². The lowest BCUT2D eigenvalue weighted by Crippen LogP contribution is -2.50. The van der Waals surface area contributed by atoms with Crippen LogP contribution >= 0.6 is 0 Å². The Morgan fingerprint density at radius 1 is 0.852 bits per heavy atom. The lowest BCUT2D eigenvalue weighted by Gasteiger charge is -2.36. The SMILES string of the molecule is CC1CN(Cc2ccccc2)CC(CN2C(=O)c3ccccc3C2=O)C1=O. The Morgan fingerprint density at radius 3 is 2.07 bits per heavy atom. The van der Waals surface area contributed by atoms with Crippen LogP contribution in [0.2, 0.25) is 0 Å². The van der Waals surface area contributed by atoms with Crippen LogP contribution in [0.5, 0.6) is 0 Å². The van der Waals surface area contributed by atoms with Gasteiger partial charge in [0.1, 0.15) is 5.78 Å². The Bertz CT molecular complexity index is 858. The number of fused-ring (bicyclic) bond motifs is 1. The third-order valence-corrected chi connectivity index (χ3v) is 5.43. The minimum absolute atomic E-state index is 0.109. The fourth-order valence-electron chi connectivity index (χ4n) is 4.10. The number of hydrogen-bond donors (Lipinski definition) is 0. The number of imide groups is 1. The van der Waals surface area contributed by atoms with Gasteiger partial charge in [0.2, 0.25) is 0 Å². The molecule has 2 aliphatic rings. The summed E-state index contributed by atoms with van der Waals surface area (Å²) in [6, 6.07) is 17.0. The minimum Gasteiger partial charge on any atom is -0.299 e. The average Bonchev–Trinajstić information content (AvgIpc) is 2.92. The summed E-state index contributed by atoms with van der Waals surface area (Å²) in [5.74, 6) is -0.911. The first-order chi connectivity index (χ1) is 13.0. The average molecular weight is 362 g/mol. The zero-order valence-corrected chi connectivity index (χ0v) is 15.3. The molecule has 2 unspecified atom stereocenters. The molecule has 2 amide bonds. The second-order valence-corrected chi connectivity index (χ2v) is 7.45. The van der Waals surface area contributed by atoms with Crippen molar-refractivity contribution in [3.8, 4) is 0 Å². The third kappa shape index (κ3) is 3.30. The summed E-state index contributed by atoms with van der Waals surface area (Å²) in [4.78, 5) is 41.4. The summed E-state index contributed by atoms with van der Waals surface area (Å²) in [6.07, 6.45) is 0. The van der Waals surface area contributed by atoms with E-state index in [-0.39, 0.29) is 36.0 Å². The van der Waals surface area contributed by atoms with Crippen molar-refractivity contribution in [2.45, 2.75) is 13.5 Å². The normalized spacial score (nSPS) is 23.0. The van der Waals surface area contributed by atoms with Crippen molar-refractivity contribution in [3.63, 3.8) is 0 Å². The number of piperidine rings is 1. The summed E-state index contributed by atoms with van der Waals surface area (Å²) in [6.45, 7) is 4.10. The summed E-state index contributed by atoms with van der Waals surface area (Å²) in [5, 5.41) is 0. The van der Waals surface area contributed by atoms with Crippen LogP contribution in [0, 0.1) is 11.8 Å². The van der Waals surface area contributed by atoms with E-state index in [1.165, 1.54) is 10.5 Å². The molecule has 2 heterocycles. The molecule has 0 aliphatic carbocycles. The van der Waals surface area contributed by atoms with Gasteiger partial charge in [0.05, 0.1) is 11.1 Å². The number of Topliss-reactive ketones (excluding diaryl/α,β-unsaturated/α-hetero) is 1. The topological polar surface area (TPSA) is 57.7 Å². The zero-order chi connectivity index (χ0) is 19.0. The zero-order valence-electron chi connectivity index (χ0n) is 15.3. The Hall–Kier alpha value is -2.79. The largest absolute Gasteiger partial charge is 0.299 e. The molecule has 2 aromatic rings. The van der Waals surface area contributed by atoms with Crippen LogP contribution in [-0.2, 0) is 11.3 Å². The van der Waals surface area contributed by atoms with Gasteiger partial charge in [-0.25, -0.2) is 0 Å². The van der Waals surface area contributed by atoms with Gasteiger partial charge < -0.3 is 0 Å². The number of ketones is 1. The highest BCUT2D eigenvalue weighted by Gasteiger charge is 2.40. The molecule has 27 heavy (non-hydrogen) atoms. The van der Waals surface area contributed by atoms with E-state index in [1.807, 2.05) is 25.1 Å².